The van der Waals surface area contributed by atoms with Crippen LogP contribution in [0.2, 0.25) is 0 Å². The average molecular weight is 139 g/mol. The molecule has 0 rings (SSSR count). The highest BCUT2D eigenvalue weighted by atomic mass is 16.1. The smallest absolute Gasteiger partial charge is 0.211 e. The number of aliphatic imine (C=N–C) groups is 1. The molecule has 0 atom stereocenters. The Balaban J connectivity index is 3.10. The molecule has 0 saturated heterocycles. The van der Waals surface area contributed by atoms with Crippen molar-refractivity contribution >= 4 is 6.08 Å². The average Bonchev–Trinajstić information content (AvgIpc) is 1.97. The molecular formula is C8H13NO. The van der Waals surface area contributed by atoms with Crippen LogP contribution in [0, 0.1) is 0 Å². The zero-order valence-corrected chi connectivity index (χ0v) is 6.34. The Morgan fingerprint density at radius 1 is 1.50 bits per heavy atom. The minimum absolute atomic E-state index is 1.01. The van der Waals surface area contributed by atoms with E-state index in [2.05, 4.69) is 11.9 Å². The quantitative estimate of drug-likeness (QED) is 0.327. The number of hydrogen-bond donors (Lipinski definition) is 0. The number of rotatable bonds is 5. The van der Waals surface area contributed by atoms with Crippen LogP contribution in [0.25, 0.3) is 0 Å². The molecule has 0 heterocycles. The van der Waals surface area contributed by atoms with Crippen LogP contribution in [0.5, 0.6) is 0 Å². The van der Waals surface area contributed by atoms with Gasteiger partial charge in [-0.05, 0) is 12.8 Å². The second kappa shape index (κ2) is 8.12. The topological polar surface area (TPSA) is 29.4 Å². The lowest BCUT2D eigenvalue weighted by atomic mass is 10.2. The van der Waals surface area contributed by atoms with E-state index < -0.39 is 0 Å². The molecule has 0 fully saturated rings. The monoisotopic (exact) mass is 139 g/mol. The van der Waals surface area contributed by atoms with E-state index in [9.17, 15) is 4.79 Å². The van der Waals surface area contributed by atoms with Gasteiger partial charge in [0.1, 0.15) is 0 Å². The highest BCUT2D eigenvalue weighted by molar-refractivity contribution is 5.34. The lowest BCUT2D eigenvalue weighted by molar-refractivity contribution is 0.565. The Morgan fingerprint density at radius 3 is 2.90 bits per heavy atom. The van der Waals surface area contributed by atoms with Crippen LogP contribution in [0.3, 0.4) is 0 Å². The Labute approximate surface area is 61.7 Å². The second-order valence-corrected chi connectivity index (χ2v) is 2.10. The first kappa shape index (κ1) is 9.12. The minimum atomic E-state index is 1.01. The summed E-state index contributed by atoms with van der Waals surface area (Å²) in [6, 6.07) is 0. The van der Waals surface area contributed by atoms with Crippen LogP contribution in [-0.4, -0.2) is 6.08 Å². The molecule has 0 spiro atoms. The summed E-state index contributed by atoms with van der Waals surface area (Å²) < 4.78 is 0. The third-order valence-electron chi connectivity index (χ3n) is 1.21. The number of unbranched alkanes of at least 4 members (excludes halogenated alkanes) is 3. The molecule has 10 heavy (non-hydrogen) atoms. The molecule has 0 aromatic heterocycles. The zero-order chi connectivity index (χ0) is 7.66. The van der Waals surface area contributed by atoms with Gasteiger partial charge < -0.3 is 0 Å². The fourth-order valence-electron chi connectivity index (χ4n) is 0.670. The first-order valence-electron chi connectivity index (χ1n) is 3.63. The molecule has 0 aliphatic rings. The molecule has 0 N–H and O–H groups in total. The van der Waals surface area contributed by atoms with Crippen LogP contribution >= 0.6 is 0 Å². The van der Waals surface area contributed by atoms with Crippen molar-refractivity contribution in [3.63, 3.8) is 0 Å². The third-order valence-corrected chi connectivity index (χ3v) is 1.21. The largest absolute Gasteiger partial charge is 0.239 e. The van der Waals surface area contributed by atoms with Gasteiger partial charge in [-0.2, -0.15) is 4.99 Å². The summed E-state index contributed by atoms with van der Waals surface area (Å²) in [5.74, 6) is 0. The Bertz CT molecular complexity index is 134. The summed E-state index contributed by atoms with van der Waals surface area (Å²) in [5.41, 5.74) is 0. The van der Waals surface area contributed by atoms with Crippen molar-refractivity contribution in [1.29, 1.82) is 0 Å². The van der Waals surface area contributed by atoms with E-state index in [0.29, 0.717) is 0 Å². The van der Waals surface area contributed by atoms with Crippen LogP contribution in [0.1, 0.15) is 32.6 Å². The molecule has 0 amide bonds. The Hall–Kier alpha value is -0.880. The van der Waals surface area contributed by atoms with Gasteiger partial charge in [0.05, 0.1) is 0 Å². The first-order valence-corrected chi connectivity index (χ1v) is 3.63. The lowest BCUT2D eigenvalue weighted by Gasteiger charge is -1.88. The third kappa shape index (κ3) is 7.12. The van der Waals surface area contributed by atoms with Gasteiger partial charge in [-0.25, -0.2) is 4.79 Å². The van der Waals surface area contributed by atoms with Crippen molar-refractivity contribution in [2.75, 3.05) is 0 Å². The van der Waals surface area contributed by atoms with E-state index in [1.807, 2.05) is 6.08 Å². The number of nitrogens with zero attached hydrogens (tertiary/aromatic N) is 1. The lowest BCUT2D eigenvalue weighted by Crippen LogP contribution is -1.69. The highest BCUT2D eigenvalue weighted by Crippen LogP contribution is 1.98. The van der Waals surface area contributed by atoms with E-state index in [1.165, 1.54) is 31.5 Å². The van der Waals surface area contributed by atoms with Gasteiger partial charge in [0.2, 0.25) is 6.08 Å². The minimum Gasteiger partial charge on any atom is -0.211 e. The van der Waals surface area contributed by atoms with Crippen molar-refractivity contribution in [3.05, 3.63) is 12.3 Å². The molecular weight excluding hydrogens is 126 g/mol. The Kier molecular flexibility index (Phi) is 7.41. The summed E-state index contributed by atoms with van der Waals surface area (Å²) in [6.07, 6.45) is 9.51. The maximum atomic E-state index is 9.55. The van der Waals surface area contributed by atoms with E-state index in [0.717, 1.165) is 6.42 Å². The van der Waals surface area contributed by atoms with E-state index in [1.54, 1.807) is 0 Å². The number of carbonyl (C=O) groups excluding carboxylic acids is 1. The number of isocyanates is 1. The zero-order valence-electron chi connectivity index (χ0n) is 6.34. The fourth-order valence-corrected chi connectivity index (χ4v) is 0.670. The normalized spacial score (nSPS) is 9.70. The molecule has 0 saturated carbocycles. The number of allylic oxidation sites excluding steroid dienone is 1. The van der Waals surface area contributed by atoms with Crippen molar-refractivity contribution in [1.82, 2.24) is 0 Å². The summed E-state index contributed by atoms with van der Waals surface area (Å²) in [5, 5.41) is 0. The molecule has 0 aromatic rings. The summed E-state index contributed by atoms with van der Waals surface area (Å²) in [6.45, 7) is 2.16. The fraction of sp³-hybridized carbons (Fsp3) is 0.625. The van der Waals surface area contributed by atoms with Gasteiger partial charge in [0.25, 0.3) is 0 Å². The Morgan fingerprint density at radius 2 is 2.30 bits per heavy atom. The molecule has 0 aliphatic heterocycles. The van der Waals surface area contributed by atoms with E-state index in [-0.39, 0.29) is 0 Å². The van der Waals surface area contributed by atoms with Gasteiger partial charge in [0.15, 0.2) is 0 Å². The summed E-state index contributed by atoms with van der Waals surface area (Å²) in [4.78, 5) is 12.8. The predicted molar refractivity (Wildman–Crippen MR) is 41.4 cm³/mol. The molecule has 0 aliphatic carbocycles. The maximum absolute atomic E-state index is 9.55. The van der Waals surface area contributed by atoms with Crippen LogP contribution in [0.4, 0.5) is 0 Å². The molecule has 0 radical (unpaired) electrons. The molecule has 56 valence electrons. The SMILES string of the molecule is CCCCCC=CN=C=O. The predicted octanol–water partition coefficient (Wildman–Crippen LogP) is 2.42. The van der Waals surface area contributed by atoms with Crippen LogP contribution in [-0.2, 0) is 4.79 Å². The van der Waals surface area contributed by atoms with E-state index in [4.69, 9.17) is 0 Å². The van der Waals surface area contributed by atoms with Gasteiger partial charge in [-0.3, -0.25) is 0 Å². The summed E-state index contributed by atoms with van der Waals surface area (Å²) in [7, 11) is 0. The molecule has 0 unspecified atom stereocenters. The van der Waals surface area contributed by atoms with Crippen molar-refractivity contribution in [3.8, 4) is 0 Å². The maximum Gasteiger partial charge on any atom is 0.239 e. The van der Waals surface area contributed by atoms with Crippen molar-refractivity contribution in [2.45, 2.75) is 32.6 Å². The number of hydrogen-bond acceptors (Lipinski definition) is 2. The second-order valence-electron chi connectivity index (χ2n) is 2.10. The van der Waals surface area contributed by atoms with Crippen LogP contribution in [0.15, 0.2) is 17.3 Å². The van der Waals surface area contributed by atoms with Gasteiger partial charge >= 0.3 is 0 Å². The molecule has 2 nitrogen and oxygen atoms in total. The standard InChI is InChI=1S/C8H13NO/c1-2-3-4-5-6-7-9-8-10/h6-7H,2-5H2,1H3. The van der Waals surface area contributed by atoms with Crippen molar-refractivity contribution < 1.29 is 4.79 Å². The van der Waals surface area contributed by atoms with Crippen molar-refractivity contribution in [2.24, 2.45) is 4.99 Å². The van der Waals surface area contributed by atoms with Gasteiger partial charge in [0, 0.05) is 6.20 Å². The summed E-state index contributed by atoms with van der Waals surface area (Å²) >= 11 is 0. The molecule has 2 heteroatoms. The van der Waals surface area contributed by atoms with Gasteiger partial charge in [-0.1, -0.05) is 25.8 Å². The highest BCUT2D eigenvalue weighted by Gasteiger charge is 1.79. The van der Waals surface area contributed by atoms with Crippen LogP contribution < -0.4 is 0 Å². The van der Waals surface area contributed by atoms with Gasteiger partial charge in [-0.15, -0.1) is 0 Å². The molecule has 0 bridgehead atoms. The first-order chi connectivity index (χ1) is 4.91. The van der Waals surface area contributed by atoms with E-state index >= 15 is 0 Å². The molecule has 0 aromatic carbocycles.